The molecule has 2 fully saturated rings. The van der Waals surface area contributed by atoms with E-state index in [0.29, 0.717) is 11.8 Å². The number of nitrogens with zero attached hydrogens (tertiary/aromatic N) is 6. The van der Waals surface area contributed by atoms with Gasteiger partial charge in [0.25, 0.3) is 0 Å². The first kappa shape index (κ1) is 16.1. The van der Waals surface area contributed by atoms with E-state index in [0.717, 1.165) is 49.9 Å². The summed E-state index contributed by atoms with van der Waals surface area (Å²) < 4.78 is 7.07. The monoisotopic (exact) mass is 370 g/mol. The summed E-state index contributed by atoms with van der Waals surface area (Å²) in [4.78, 5) is 7.32. The van der Waals surface area contributed by atoms with E-state index >= 15 is 0 Å². The van der Waals surface area contributed by atoms with Crippen molar-refractivity contribution < 1.29 is 4.74 Å². The van der Waals surface area contributed by atoms with Crippen LogP contribution in [0.25, 0.3) is 5.65 Å². The molecule has 0 unspecified atom stereocenters. The van der Waals surface area contributed by atoms with E-state index in [1.54, 1.807) is 7.11 Å². The molecule has 3 aromatic rings. The molecule has 0 aromatic carbocycles. The number of thiazole rings is 1. The quantitative estimate of drug-likeness (QED) is 0.688. The molecule has 1 aliphatic heterocycles. The van der Waals surface area contributed by atoms with E-state index < -0.39 is 0 Å². The van der Waals surface area contributed by atoms with E-state index in [1.165, 1.54) is 23.5 Å². The molecule has 136 valence electrons. The summed E-state index contributed by atoms with van der Waals surface area (Å²) >= 11 is 1.83. The van der Waals surface area contributed by atoms with E-state index in [9.17, 15) is 0 Å². The van der Waals surface area contributed by atoms with Gasteiger partial charge in [0.05, 0.1) is 17.8 Å². The van der Waals surface area contributed by atoms with Crippen LogP contribution in [0, 0.1) is 0 Å². The van der Waals surface area contributed by atoms with E-state index in [2.05, 4.69) is 25.6 Å². The smallest absolute Gasteiger partial charge is 0.231 e. The fourth-order valence-electron chi connectivity index (χ4n) is 3.64. The van der Waals surface area contributed by atoms with Gasteiger partial charge in [-0.3, -0.25) is 4.90 Å². The second-order valence-electron chi connectivity index (χ2n) is 7.21. The molecule has 0 amide bonds. The minimum atomic E-state index is 0.387. The van der Waals surface area contributed by atoms with Crippen LogP contribution < -0.4 is 4.74 Å². The van der Waals surface area contributed by atoms with Crippen LogP contribution in [0.1, 0.15) is 54.0 Å². The van der Waals surface area contributed by atoms with E-state index in [-0.39, 0.29) is 0 Å². The van der Waals surface area contributed by atoms with Gasteiger partial charge in [-0.2, -0.15) is 4.52 Å². The molecule has 2 aliphatic rings. The van der Waals surface area contributed by atoms with Gasteiger partial charge in [0.1, 0.15) is 0 Å². The van der Waals surface area contributed by atoms with Gasteiger partial charge in [-0.25, -0.2) is 4.98 Å². The van der Waals surface area contributed by atoms with Gasteiger partial charge in [0, 0.05) is 29.8 Å². The molecule has 0 radical (unpaired) electrons. The summed E-state index contributed by atoms with van der Waals surface area (Å²) in [5.74, 6) is 2.68. The van der Waals surface area contributed by atoms with Gasteiger partial charge >= 0.3 is 0 Å². The van der Waals surface area contributed by atoms with Crippen molar-refractivity contribution in [1.29, 1.82) is 0 Å². The van der Waals surface area contributed by atoms with Gasteiger partial charge in [-0.1, -0.05) is 0 Å². The second-order valence-corrected chi connectivity index (χ2v) is 8.10. The first-order valence-corrected chi connectivity index (χ1v) is 10.1. The maximum absolute atomic E-state index is 5.24. The zero-order valence-corrected chi connectivity index (χ0v) is 15.7. The highest BCUT2D eigenvalue weighted by Gasteiger charge is 2.28. The van der Waals surface area contributed by atoms with Gasteiger partial charge < -0.3 is 4.74 Å². The van der Waals surface area contributed by atoms with Crippen molar-refractivity contribution in [2.45, 2.75) is 44.1 Å². The van der Waals surface area contributed by atoms with Gasteiger partial charge in [0.2, 0.25) is 5.88 Å². The number of methoxy groups -OCH3 is 1. The molecule has 3 aromatic heterocycles. The van der Waals surface area contributed by atoms with E-state index in [4.69, 9.17) is 9.72 Å². The predicted molar refractivity (Wildman–Crippen MR) is 98.7 cm³/mol. The molecule has 0 spiro atoms. The molecular weight excluding hydrogens is 348 g/mol. The molecule has 26 heavy (non-hydrogen) atoms. The molecule has 7 nitrogen and oxygen atoms in total. The molecule has 1 aliphatic carbocycles. The number of rotatable bonds is 5. The lowest BCUT2D eigenvalue weighted by atomic mass is 9.96. The van der Waals surface area contributed by atoms with Crippen LogP contribution in [0.4, 0.5) is 0 Å². The van der Waals surface area contributed by atoms with Crippen molar-refractivity contribution in [3.63, 3.8) is 0 Å². The molecular formula is C18H22N6OS. The summed E-state index contributed by atoms with van der Waals surface area (Å²) in [6.45, 7) is 3.07. The number of fused-ring (bicyclic) bond motifs is 1. The lowest BCUT2D eigenvalue weighted by Crippen LogP contribution is -2.33. The first-order chi connectivity index (χ1) is 12.8. The third kappa shape index (κ3) is 3.07. The molecule has 4 heterocycles. The molecule has 8 heteroatoms. The lowest BCUT2D eigenvalue weighted by molar-refractivity contribution is 0.199. The zero-order valence-electron chi connectivity index (χ0n) is 14.8. The van der Waals surface area contributed by atoms with Gasteiger partial charge in [0.15, 0.2) is 11.5 Å². The maximum Gasteiger partial charge on any atom is 0.231 e. The number of ether oxygens (including phenoxy) is 1. The summed E-state index contributed by atoms with van der Waals surface area (Å²) in [5, 5.41) is 16.7. The minimum Gasteiger partial charge on any atom is -0.480 e. The maximum atomic E-state index is 5.24. The molecule has 1 saturated heterocycles. The Morgan fingerprint density at radius 1 is 1.12 bits per heavy atom. The molecule has 0 bridgehead atoms. The number of hydrogen-bond acceptors (Lipinski definition) is 7. The average molecular weight is 370 g/mol. The minimum absolute atomic E-state index is 0.387. The number of piperidine rings is 1. The Bertz CT molecular complexity index is 909. The highest BCUT2D eigenvalue weighted by Crippen LogP contribution is 2.41. The standard InChI is InChI=1S/C18H22N6OS/c1-25-16-5-4-15-20-21-17(24(15)22-16)12-6-8-23(9-7-12)10-14-11-26-18(19-14)13-2-3-13/h4-5,11-13H,2-3,6-10H2,1H3. The average Bonchev–Trinajstić information content (AvgIpc) is 3.28. The Morgan fingerprint density at radius 2 is 1.96 bits per heavy atom. The normalized spacial score (nSPS) is 19.3. The van der Waals surface area contributed by atoms with Crippen molar-refractivity contribution in [3.05, 3.63) is 34.0 Å². The third-order valence-electron chi connectivity index (χ3n) is 5.31. The van der Waals surface area contributed by atoms with Crippen LogP contribution in [0.3, 0.4) is 0 Å². The summed E-state index contributed by atoms with van der Waals surface area (Å²) in [7, 11) is 1.63. The fraction of sp³-hybridized carbons (Fsp3) is 0.556. The molecule has 1 saturated carbocycles. The Kier molecular flexibility index (Phi) is 4.09. The second kappa shape index (κ2) is 6.59. The zero-order chi connectivity index (χ0) is 17.5. The number of hydrogen-bond donors (Lipinski definition) is 0. The fourth-order valence-corrected chi connectivity index (χ4v) is 4.63. The highest BCUT2D eigenvalue weighted by atomic mass is 32.1. The predicted octanol–water partition coefficient (Wildman–Crippen LogP) is 2.85. The topological polar surface area (TPSA) is 68.4 Å². The van der Waals surface area contributed by atoms with Gasteiger partial charge in [-0.05, 0) is 44.8 Å². The Morgan fingerprint density at radius 3 is 2.73 bits per heavy atom. The van der Waals surface area contributed by atoms with Crippen LogP contribution in [-0.2, 0) is 6.54 Å². The SMILES string of the molecule is COc1ccc2nnc(C3CCN(Cc4csc(C5CC5)n4)CC3)n2n1. The van der Waals surface area contributed by atoms with Crippen molar-refractivity contribution in [2.24, 2.45) is 0 Å². The highest BCUT2D eigenvalue weighted by molar-refractivity contribution is 7.09. The van der Waals surface area contributed by atoms with Crippen molar-refractivity contribution in [2.75, 3.05) is 20.2 Å². The van der Waals surface area contributed by atoms with Crippen LogP contribution in [0.2, 0.25) is 0 Å². The van der Waals surface area contributed by atoms with Crippen molar-refractivity contribution >= 4 is 17.0 Å². The van der Waals surface area contributed by atoms with Crippen LogP contribution in [0.15, 0.2) is 17.5 Å². The van der Waals surface area contributed by atoms with Crippen molar-refractivity contribution in [1.82, 2.24) is 29.7 Å². The number of likely N-dealkylation sites (tertiary alicyclic amines) is 1. The Balaban J connectivity index is 1.25. The lowest BCUT2D eigenvalue weighted by Gasteiger charge is -2.30. The third-order valence-corrected chi connectivity index (χ3v) is 6.36. The van der Waals surface area contributed by atoms with Crippen LogP contribution >= 0.6 is 11.3 Å². The van der Waals surface area contributed by atoms with Crippen molar-refractivity contribution in [3.8, 4) is 5.88 Å². The van der Waals surface area contributed by atoms with Crippen LogP contribution in [0.5, 0.6) is 5.88 Å². The summed E-state index contributed by atoms with van der Waals surface area (Å²) in [6, 6.07) is 3.72. The summed E-state index contributed by atoms with van der Waals surface area (Å²) in [6.07, 6.45) is 4.78. The summed E-state index contributed by atoms with van der Waals surface area (Å²) in [5.41, 5.74) is 2.01. The molecule has 0 atom stereocenters. The largest absolute Gasteiger partial charge is 0.480 e. The number of aromatic nitrogens is 5. The molecule has 5 rings (SSSR count). The molecule has 0 N–H and O–H groups in total. The Labute approximate surface area is 156 Å². The first-order valence-electron chi connectivity index (χ1n) is 9.23. The van der Waals surface area contributed by atoms with Gasteiger partial charge in [-0.15, -0.1) is 26.6 Å². The Hall–Kier alpha value is -2.06. The van der Waals surface area contributed by atoms with Crippen LogP contribution in [-0.4, -0.2) is 49.9 Å². The van der Waals surface area contributed by atoms with E-state index in [1.807, 2.05) is 28.0 Å².